The molecule has 1 atom stereocenters. The minimum absolute atomic E-state index is 0.0578. The van der Waals surface area contributed by atoms with Crippen molar-refractivity contribution >= 4 is 11.7 Å². The van der Waals surface area contributed by atoms with Crippen molar-refractivity contribution in [2.75, 3.05) is 18.5 Å². The van der Waals surface area contributed by atoms with Gasteiger partial charge in [0.15, 0.2) is 0 Å². The van der Waals surface area contributed by atoms with Crippen LogP contribution >= 0.6 is 0 Å². The van der Waals surface area contributed by atoms with Crippen LogP contribution in [0.25, 0.3) is 0 Å². The molecular formula is C15H23FN2O3. The summed E-state index contributed by atoms with van der Waals surface area (Å²) >= 11 is 0. The molecule has 3 N–H and O–H groups in total. The molecule has 0 heterocycles. The average molecular weight is 298 g/mol. The Morgan fingerprint density at radius 2 is 2.24 bits per heavy atom. The van der Waals surface area contributed by atoms with Crippen molar-refractivity contribution in [3.63, 3.8) is 0 Å². The van der Waals surface area contributed by atoms with Crippen LogP contribution in [-0.4, -0.2) is 30.4 Å². The van der Waals surface area contributed by atoms with Gasteiger partial charge in [-0.25, -0.2) is 9.18 Å². The fourth-order valence-electron chi connectivity index (χ4n) is 1.78. The molecule has 2 amide bonds. The molecule has 0 fully saturated rings. The Bertz CT molecular complexity index is 455. The molecule has 1 rings (SSSR count). The van der Waals surface area contributed by atoms with Crippen LogP contribution in [0.3, 0.4) is 0 Å². The Hall–Kier alpha value is -1.82. The van der Waals surface area contributed by atoms with Crippen LogP contribution in [0.2, 0.25) is 0 Å². The molecule has 1 unspecified atom stereocenters. The largest absolute Gasteiger partial charge is 0.491 e. The molecule has 118 valence electrons. The van der Waals surface area contributed by atoms with Crippen molar-refractivity contribution in [1.82, 2.24) is 5.32 Å². The van der Waals surface area contributed by atoms with Crippen LogP contribution in [0.15, 0.2) is 18.2 Å². The number of nitrogens with one attached hydrogen (secondary N) is 2. The summed E-state index contributed by atoms with van der Waals surface area (Å²) in [5.74, 6) is -0.0987. The number of rotatable bonds is 8. The summed E-state index contributed by atoms with van der Waals surface area (Å²) in [6, 6.07) is 3.55. The molecule has 0 bridgehead atoms. The minimum atomic E-state index is -0.414. The number of urea groups is 1. The molecule has 21 heavy (non-hydrogen) atoms. The van der Waals surface area contributed by atoms with E-state index in [4.69, 9.17) is 9.84 Å². The first-order chi connectivity index (χ1) is 10.1. The van der Waals surface area contributed by atoms with Crippen LogP contribution in [0.1, 0.15) is 33.1 Å². The summed E-state index contributed by atoms with van der Waals surface area (Å²) < 4.78 is 18.7. The standard InChI is InChI=1S/C15H23FN2O3/c1-3-9-21-14-10-12(16)6-7-13(14)18-15(20)17-11(2)5-4-8-19/h6-7,10-11,19H,3-5,8-9H2,1-2H3,(H2,17,18,20). The van der Waals surface area contributed by atoms with Crippen LogP contribution < -0.4 is 15.4 Å². The highest BCUT2D eigenvalue weighted by Gasteiger charge is 2.11. The predicted octanol–water partition coefficient (Wildman–Crippen LogP) is 2.90. The fourth-order valence-corrected chi connectivity index (χ4v) is 1.78. The second-order valence-corrected chi connectivity index (χ2v) is 4.85. The van der Waals surface area contributed by atoms with E-state index in [1.807, 2.05) is 13.8 Å². The number of ether oxygens (including phenoxy) is 1. The Labute approximate surface area is 124 Å². The zero-order chi connectivity index (χ0) is 15.7. The van der Waals surface area contributed by atoms with Crippen LogP contribution in [-0.2, 0) is 0 Å². The molecule has 1 aromatic carbocycles. The molecule has 0 saturated heterocycles. The number of hydrogen-bond donors (Lipinski definition) is 3. The van der Waals surface area contributed by atoms with Gasteiger partial charge in [0, 0.05) is 18.7 Å². The van der Waals surface area contributed by atoms with Crippen LogP contribution in [0.4, 0.5) is 14.9 Å². The Morgan fingerprint density at radius 3 is 2.90 bits per heavy atom. The molecule has 0 saturated carbocycles. The molecular weight excluding hydrogens is 275 g/mol. The number of halogens is 1. The number of anilines is 1. The van der Waals surface area contributed by atoms with E-state index >= 15 is 0 Å². The van der Waals surface area contributed by atoms with E-state index in [0.717, 1.165) is 6.42 Å². The number of amides is 2. The average Bonchev–Trinajstić information content (AvgIpc) is 2.45. The summed E-state index contributed by atoms with van der Waals surface area (Å²) in [5, 5.41) is 14.1. The van der Waals surface area contributed by atoms with Gasteiger partial charge in [0.1, 0.15) is 11.6 Å². The smallest absolute Gasteiger partial charge is 0.319 e. The van der Waals surface area contributed by atoms with E-state index in [9.17, 15) is 9.18 Å². The van der Waals surface area contributed by atoms with Gasteiger partial charge >= 0.3 is 6.03 Å². The molecule has 0 aromatic heterocycles. The zero-order valence-electron chi connectivity index (χ0n) is 12.5. The van der Waals surface area contributed by atoms with Gasteiger partial charge in [-0.1, -0.05) is 6.92 Å². The minimum Gasteiger partial charge on any atom is -0.491 e. The normalized spacial score (nSPS) is 11.8. The first kappa shape index (κ1) is 17.2. The van der Waals surface area contributed by atoms with Crippen molar-refractivity contribution in [1.29, 1.82) is 0 Å². The molecule has 0 aliphatic heterocycles. The number of aliphatic hydroxyl groups excluding tert-OH is 1. The van der Waals surface area contributed by atoms with Gasteiger partial charge in [0.05, 0.1) is 12.3 Å². The summed E-state index contributed by atoms with van der Waals surface area (Å²) in [6.07, 6.45) is 2.11. The quantitative estimate of drug-likeness (QED) is 0.691. The van der Waals surface area contributed by atoms with Crippen molar-refractivity contribution < 1.29 is 19.0 Å². The Balaban J connectivity index is 2.62. The maximum atomic E-state index is 13.2. The van der Waals surface area contributed by atoms with Crippen molar-refractivity contribution in [2.24, 2.45) is 0 Å². The maximum absolute atomic E-state index is 13.2. The number of carbonyl (C=O) groups excluding carboxylic acids is 1. The molecule has 6 heteroatoms. The fraction of sp³-hybridized carbons (Fsp3) is 0.533. The van der Waals surface area contributed by atoms with E-state index in [-0.39, 0.29) is 18.7 Å². The first-order valence-corrected chi connectivity index (χ1v) is 7.17. The van der Waals surface area contributed by atoms with Gasteiger partial charge < -0.3 is 20.5 Å². The zero-order valence-corrected chi connectivity index (χ0v) is 12.5. The molecule has 5 nitrogen and oxygen atoms in total. The van der Waals surface area contributed by atoms with Crippen molar-refractivity contribution in [3.05, 3.63) is 24.0 Å². The SMILES string of the molecule is CCCOc1cc(F)ccc1NC(=O)NC(C)CCCO. The lowest BCUT2D eigenvalue weighted by molar-refractivity contribution is 0.244. The monoisotopic (exact) mass is 298 g/mol. The van der Waals surface area contributed by atoms with Gasteiger partial charge in [-0.2, -0.15) is 0 Å². The number of carbonyl (C=O) groups is 1. The van der Waals surface area contributed by atoms with E-state index in [0.29, 0.717) is 30.9 Å². The first-order valence-electron chi connectivity index (χ1n) is 7.17. The van der Waals surface area contributed by atoms with Gasteiger partial charge in [-0.3, -0.25) is 0 Å². The van der Waals surface area contributed by atoms with E-state index in [1.54, 1.807) is 0 Å². The third-order valence-corrected chi connectivity index (χ3v) is 2.83. The highest BCUT2D eigenvalue weighted by molar-refractivity contribution is 5.91. The number of benzene rings is 1. The van der Waals surface area contributed by atoms with E-state index in [1.165, 1.54) is 18.2 Å². The Kier molecular flexibility index (Phi) is 7.53. The summed E-state index contributed by atoms with van der Waals surface area (Å²) in [6.45, 7) is 4.35. The van der Waals surface area contributed by atoms with Crippen molar-refractivity contribution in [2.45, 2.75) is 39.2 Å². The van der Waals surface area contributed by atoms with Gasteiger partial charge in [0.25, 0.3) is 0 Å². The highest BCUT2D eigenvalue weighted by Crippen LogP contribution is 2.25. The molecule has 0 aliphatic carbocycles. The van der Waals surface area contributed by atoms with E-state index in [2.05, 4.69) is 10.6 Å². The van der Waals surface area contributed by atoms with Crippen LogP contribution in [0.5, 0.6) is 5.75 Å². The van der Waals surface area contributed by atoms with Gasteiger partial charge in [-0.15, -0.1) is 0 Å². The molecule has 0 spiro atoms. The maximum Gasteiger partial charge on any atom is 0.319 e. The topological polar surface area (TPSA) is 70.6 Å². The summed E-state index contributed by atoms with van der Waals surface area (Å²) in [7, 11) is 0. The number of aliphatic hydroxyl groups is 1. The highest BCUT2D eigenvalue weighted by atomic mass is 19.1. The summed E-state index contributed by atoms with van der Waals surface area (Å²) in [5.41, 5.74) is 0.428. The van der Waals surface area contributed by atoms with Crippen LogP contribution in [0, 0.1) is 5.82 Å². The van der Waals surface area contributed by atoms with Gasteiger partial charge in [0.2, 0.25) is 0 Å². The molecule has 0 aliphatic rings. The molecule has 1 aromatic rings. The third-order valence-electron chi connectivity index (χ3n) is 2.83. The molecule has 0 radical (unpaired) electrons. The third kappa shape index (κ3) is 6.44. The second kappa shape index (κ2) is 9.18. The Morgan fingerprint density at radius 1 is 1.48 bits per heavy atom. The summed E-state index contributed by atoms with van der Waals surface area (Å²) in [4.78, 5) is 11.9. The second-order valence-electron chi connectivity index (χ2n) is 4.85. The van der Waals surface area contributed by atoms with Gasteiger partial charge in [-0.05, 0) is 38.3 Å². The predicted molar refractivity (Wildman–Crippen MR) is 80.1 cm³/mol. The lowest BCUT2D eigenvalue weighted by atomic mass is 10.2. The lowest BCUT2D eigenvalue weighted by Gasteiger charge is -2.16. The van der Waals surface area contributed by atoms with Crippen molar-refractivity contribution in [3.8, 4) is 5.75 Å². The van der Waals surface area contributed by atoms with E-state index < -0.39 is 5.82 Å². The lowest BCUT2D eigenvalue weighted by Crippen LogP contribution is -2.36. The number of hydrogen-bond acceptors (Lipinski definition) is 3.